The van der Waals surface area contributed by atoms with E-state index in [1.807, 2.05) is 0 Å². The molecule has 0 aliphatic rings. The third kappa shape index (κ3) is 4.44. The molecule has 108 valence electrons. The van der Waals surface area contributed by atoms with Gasteiger partial charge in [-0.05, 0) is 30.3 Å². The molecule has 0 spiro atoms. The number of rotatable bonds is 4. The average molecular weight is 325 g/mol. The smallest absolute Gasteiger partial charge is 0.338 e. The molecule has 0 atom stereocenters. The summed E-state index contributed by atoms with van der Waals surface area (Å²) in [5.74, 6) is -1.10. The van der Waals surface area contributed by atoms with Gasteiger partial charge in [0.2, 0.25) is 0 Å². The van der Waals surface area contributed by atoms with E-state index in [2.05, 4.69) is 10.3 Å². The highest BCUT2D eigenvalue weighted by Gasteiger charge is 2.11. The first kappa shape index (κ1) is 15.3. The summed E-state index contributed by atoms with van der Waals surface area (Å²) in [4.78, 5) is 27.1. The lowest BCUT2D eigenvalue weighted by Crippen LogP contribution is -2.21. The number of nitrogens with zero attached hydrogens (tertiary/aromatic N) is 1. The predicted molar refractivity (Wildman–Crippen MR) is 79.6 cm³/mol. The topological polar surface area (TPSA) is 68.3 Å². The molecule has 0 bridgehead atoms. The Kier molecular flexibility index (Phi) is 5.14. The zero-order chi connectivity index (χ0) is 15.2. The Morgan fingerprint density at radius 1 is 1.14 bits per heavy atom. The molecule has 1 aromatic heterocycles. The van der Waals surface area contributed by atoms with Crippen LogP contribution in [0, 0.1) is 0 Å². The fourth-order valence-electron chi connectivity index (χ4n) is 1.48. The number of anilines is 1. The van der Waals surface area contributed by atoms with Crippen molar-refractivity contribution in [1.29, 1.82) is 0 Å². The minimum absolute atomic E-state index is 0.302. The molecule has 7 heteroatoms. The van der Waals surface area contributed by atoms with Gasteiger partial charge in [0, 0.05) is 17.4 Å². The van der Waals surface area contributed by atoms with Crippen LogP contribution >= 0.6 is 23.2 Å². The molecule has 1 heterocycles. The minimum atomic E-state index is -0.602. The predicted octanol–water partition coefficient (Wildman–Crippen LogP) is 3.18. The van der Waals surface area contributed by atoms with Gasteiger partial charge in [0.1, 0.15) is 0 Å². The van der Waals surface area contributed by atoms with Gasteiger partial charge in [-0.15, -0.1) is 0 Å². The summed E-state index contributed by atoms with van der Waals surface area (Å²) < 4.78 is 4.88. The molecular weight excluding hydrogens is 315 g/mol. The van der Waals surface area contributed by atoms with Gasteiger partial charge < -0.3 is 10.1 Å². The van der Waals surface area contributed by atoms with Crippen LogP contribution in [-0.4, -0.2) is 23.5 Å². The van der Waals surface area contributed by atoms with Crippen molar-refractivity contribution < 1.29 is 14.3 Å². The van der Waals surface area contributed by atoms with E-state index in [-0.39, 0.29) is 0 Å². The van der Waals surface area contributed by atoms with Crippen LogP contribution in [0.2, 0.25) is 10.0 Å². The highest BCUT2D eigenvalue weighted by molar-refractivity contribution is 6.36. The van der Waals surface area contributed by atoms with Gasteiger partial charge in [-0.2, -0.15) is 0 Å². The van der Waals surface area contributed by atoms with Gasteiger partial charge in [-0.1, -0.05) is 23.2 Å². The average Bonchev–Trinajstić information content (AvgIpc) is 2.48. The van der Waals surface area contributed by atoms with Crippen molar-refractivity contribution in [3.63, 3.8) is 0 Å². The van der Waals surface area contributed by atoms with Crippen LogP contribution < -0.4 is 5.32 Å². The van der Waals surface area contributed by atoms with Crippen LogP contribution in [0.4, 0.5) is 5.69 Å². The molecule has 0 fully saturated rings. The molecule has 0 unspecified atom stereocenters. The van der Waals surface area contributed by atoms with Crippen LogP contribution in [0.15, 0.2) is 42.7 Å². The van der Waals surface area contributed by atoms with Gasteiger partial charge in [0.05, 0.1) is 16.3 Å². The first-order valence-corrected chi connectivity index (χ1v) is 6.64. The van der Waals surface area contributed by atoms with Crippen LogP contribution in [0.25, 0.3) is 0 Å². The Morgan fingerprint density at radius 2 is 1.86 bits per heavy atom. The maximum Gasteiger partial charge on any atom is 0.338 e. The highest BCUT2D eigenvalue weighted by atomic mass is 35.5. The molecule has 1 amide bonds. The van der Waals surface area contributed by atoms with Crippen molar-refractivity contribution in [1.82, 2.24) is 4.98 Å². The molecule has 5 nitrogen and oxygen atoms in total. The Labute approximate surface area is 130 Å². The molecule has 0 radical (unpaired) electrons. The monoisotopic (exact) mass is 324 g/mol. The molecule has 2 rings (SSSR count). The number of ether oxygens (including phenoxy) is 1. The maximum atomic E-state index is 11.7. The van der Waals surface area contributed by atoms with E-state index >= 15 is 0 Å². The van der Waals surface area contributed by atoms with Gasteiger partial charge >= 0.3 is 5.97 Å². The van der Waals surface area contributed by atoms with Crippen LogP contribution in [-0.2, 0) is 9.53 Å². The number of aromatic nitrogens is 1. The number of pyridine rings is 1. The summed E-state index contributed by atoms with van der Waals surface area (Å²) in [5, 5.41) is 3.29. The number of carbonyl (C=O) groups excluding carboxylic acids is 2. The first-order chi connectivity index (χ1) is 10.1. The number of benzene rings is 1. The number of nitrogens with one attached hydrogen (secondary N) is 1. The Hall–Kier alpha value is -2.11. The third-order valence-electron chi connectivity index (χ3n) is 2.46. The fraction of sp³-hybridized carbons (Fsp3) is 0.0714. The molecule has 21 heavy (non-hydrogen) atoms. The van der Waals surface area contributed by atoms with Gasteiger partial charge in [0.15, 0.2) is 6.61 Å². The molecule has 0 saturated heterocycles. The summed E-state index contributed by atoms with van der Waals surface area (Å²) in [6.07, 6.45) is 2.92. The maximum absolute atomic E-state index is 11.7. The summed E-state index contributed by atoms with van der Waals surface area (Å²) in [6, 6.07) is 7.65. The van der Waals surface area contributed by atoms with Crippen molar-refractivity contribution in [2.75, 3.05) is 11.9 Å². The minimum Gasteiger partial charge on any atom is -0.452 e. The van der Waals surface area contributed by atoms with Crippen LogP contribution in [0.1, 0.15) is 10.4 Å². The Balaban J connectivity index is 1.89. The Bertz CT molecular complexity index is 663. The molecule has 1 N–H and O–H groups in total. The van der Waals surface area contributed by atoms with Crippen molar-refractivity contribution in [2.24, 2.45) is 0 Å². The second-order valence-electron chi connectivity index (χ2n) is 3.98. The second-order valence-corrected chi connectivity index (χ2v) is 4.83. The van der Waals surface area contributed by atoms with E-state index in [1.165, 1.54) is 30.6 Å². The number of amides is 1. The summed E-state index contributed by atoms with van der Waals surface area (Å²) in [7, 11) is 0. The van der Waals surface area contributed by atoms with Gasteiger partial charge in [-0.25, -0.2) is 4.79 Å². The third-order valence-corrected chi connectivity index (χ3v) is 3.00. The van der Waals surface area contributed by atoms with E-state index in [1.54, 1.807) is 12.1 Å². The number of hydrogen-bond donors (Lipinski definition) is 1. The van der Waals surface area contributed by atoms with Gasteiger partial charge in [-0.3, -0.25) is 9.78 Å². The van der Waals surface area contributed by atoms with Gasteiger partial charge in [0.25, 0.3) is 5.91 Å². The van der Waals surface area contributed by atoms with E-state index in [0.717, 1.165) is 0 Å². The normalized spacial score (nSPS) is 10.0. The van der Waals surface area contributed by atoms with E-state index < -0.39 is 18.5 Å². The SMILES string of the molecule is O=C(COC(=O)c1ccncc1)Nc1ccc(Cl)cc1Cl. The number of halogens is 2. The summed E-state index contributed by atoms with van der Waals surface area (Å²) in [6.45, 7) is -0.417. The van der Waals surface area contributed by atoms with Crippen molar-refractivity contribution in [3.05, 3.63) is 58.3 Å². The number of carbonyl (C=O) groups is 2. The Morgan fingerprint density at radius 3 is 2.52 bits per heavy atom. The van der Waals surface area contributed by atoms with Crippen molar-refractivity contribution in [3.8, 4) is 0 Å². The highest BCUT2D eigenvalue weighted by Crippen LogP contribution is 2.25. The number of esters is 1. The van der Waals surface area contributed by atoms with Crippen LogP contribution in [0.3, 0.4) is 0 Å². The molecule has 1 aromatic carbocycles. The first-order valence-electron chi connectivity index (χ1n) is 5.88. The quantitative estimate of drug-likeness (QED) is 0.877. The lowest BCUT2D eigenvalue weighted by Gasteiger charge is -2.08. The lowest BCUT2D eigenvalue weighted by molar-refractivity contribution is -0.119. The largest absolute Gasteiger partial charge is 0.452 e. The zero-order valence-electron chi connectivity index (χ0n) is 10.7. The van der Waals surface area contributed by atoms with E-state index in [4.69, 9.17) is 27.9 Å². The van der Waals surface area contributed by atoms with E-state index in [0.29, 0.717) is 21.3 Å². The molecule has 2 aromatic rings. The summed E-state index contributed by atoms with van der Waals surface area (Å²) >= 11 is 11.7. The number of hydrogen-bond acceptors (Lipinski definition) is 4. The fourth-order valence-corrected chi connectivity index (χ4v) is 1.94. The zero-order valence-corrected chi connectivity index (χ0v) is 12.2. The molecule has 0 aliphatic carbocycles. The molecule has 0 aliphatic heterocycles. The summed E-state index contributed by atoms with van der Waals surface area (Å²) in [5.41, 5.74) is 0.716. The second kappa shape index (κ2) is 7.06. The van der Waals surface area contributed by atoms with Crippen molar-refractivity contribution >= 4 is 40.8 Å². The van der Waals surface area contributed by atoms with Crippen LogP contribution in [0.5, 0.6) is 0 Å². The molecule has 0 saturated carbocycles. The lowest BCUT2D eigenvalue weighted by atomic mass is 10.3. The molecular formula is C14H10Cl2N2O3. The van der Waals surface area contributed by atoms with E-state index in [9.17, 15) is 9.59 Å². The van der Waals surface area contributed by atoms with Crippen molar-refractivity contribution in [2.45, 2.75) is 0 Å². The standard InChI is InChI=1S/C14H10Cl2N2O3/c15-10-1-2-12(11(16)7-10)18-13(19)8-21-14(20)9-3-5-17-6-4-9/h1-7H,8H2,(H,18,19).